The molecule has 0 saturated carbocycles. The third-order valence-electron chi connectivity index (χ3n) is 1.68. The summed E-state index contributed by atoms with van der Waals surface area (Å²) in [5.41, 5.74) is -0.0414. The van der Waals surface area contributed by atoms with E-state index in [2.05, 4.69) is 16.6 Å². The van der Waals surface area contributed by atoms with Crippen LogP contribution in [0.3, 0.4) is 0 Å². The smallest absolute Gasteiger partial charge is 0.317 e. The molecule has 16 heavy (non-hydrogen) atoms. The average molecular weight is 228 g/mol. The summed E-state index contributed by atoms with van der Waals surface area (Å²) in [5.74, 6) is -0.0700. The van der Waals surface area contributed by atoms with Gasteiger partial charge in [-0.1, -0.05) is 11.8 Å². The summed E-state index contributed by atoms with van der Waals surface area (Å²) >= 11 is 0. The molecule has 0 aliphatic rings. The molecule has 1 aromatic rings. The topological polar surface area (TPSA) is 26.3 Å². The lowest BCUT2D eigenvalue weighted by Crippen LogP contribution is -1.97. The van der Waals surface area contributed by atoms with Crippen LogP contribution in [0.15, 0.2) is 12.1 Å². The predicted octanol–water partition coefficient (Wildman–Crippen LogP) is 2.02. The van der Waals surface area contributed by atoms with E-state index in [0.29, 0.717) is 0 Å². The Balaban J connectivity index is 2.86. The van der Waals surface area contributed by atoms with Crippen molar-refractivity contribution in [2.24, 2.45) is 0 Å². The van der Waals surface area contributed by atoms with Crippen LogP contribution in [0.4, 0.5) is 13.2 Å². The fraction of sp³-hybridized carbons (Fsp3) is 0.182. The Morgan fingerprint density at radius 1 is 1.31 bits per heavy atom. The van der Waals surface area contributed by atoms with E-state index in [9.17, 15) is 18.0 Å². The normalized spacial score (nSPS) is 9.25. The van der Waals surface area contributed by atoms with Crippen molar-refractivity contribution in [3.63, 3.8) is 0 Å². The van der Waals surface area contributed by atoms with Gasteiger partial charge < -0.3 is 4.74 Å². The average Bonchev–Trinajstić information content (AvgIpc) is 2.25. The maximum atomic E-state index is 12.7. The lowest BCUT2D eigenvalue weighted by Gasteiger charge is -1.95. The van der Waals surface area contributed by atoms with Crippen molar-refractivity contribution in [1.29, 1.82) is 0 Å². The number of carbonyl (C=O) groups excluding carboxylic acids is 1. The predicted molar refractivity (Wildman–Crippen MR) is 49.8 cm³/mol. The highest BCUT2D eigenvalue weighted by Gasteiger charge is 2.09. The molecule has 5 heteroatoms. The zero-order chi connectivity index (χ0) is 12.1. The Labute approximate surface area is 90.0 Å². The van der Waals surface area contributed by atoms with E-state index in [1.165, 1.54) is 7.11 Å². The number of methoxy groups -OCH3 is 1. The lowest BCUT2D eigenvalue weighted by atomic mass is 10.2. The number of hydrogen-bond acceptors (Lipinski definition) is 2. The van der Waals surface area contributed by atoms with E-state index in [1.807, 2.05) is 0 Å². The van der Waals surface area contributed by atoms with Crippen LogP contribution >= 0.6 is 0 Å². The van der Waals surface area contributed by atoms with E-state index in [0.717, 1.165) is 12.1 Å². The Morgan fingerprint density at radius 2 is 1.88 bits per heavy atom. The number of rotatable bonds is 1. The summed E-state index contributed by atoms with van der Waals surface area (Å²) in [6.07, 6.45) is -0.197. The van der Waals surface area contributed by atoms with Crippen LogP contribution < -0.4 is 0 Å². The van der Waals surface area contributed by atoms with Gasteiger partial charge in [0, 0.05) is 5.56 Å². The Morgan fingerprint density at radius 3 is 2.38 bits per heavy atom. The van der Waals surface area contributed by atoms with E-state index in [-0.39, 0.29) is 12.0 Å². The molecule has 84 valence electrons. The second kappa shape index (κ2) is 5.21. The number of esters is 1. The van der Waals surface area contributed by atoms with Crippen molar-refractivity contribution in [2.45, 2.75) is 6.42 Å². The van der Waals surface area contributed by atoms with Crippen molar-refractivity contribution < 1.29 is 22.7 Å². The highest BCUT2D eigenvalue weighted by molar-refractivity contribution is 5.72. The molecule has 0 N–H and O–H groups in total. The standard InChI is InChI=1S/C11H7F3O2/c1-16-10(15)4-2-3-7-5-8(12)11(14)9(13)6-7/h5-6H,4H2,1H3. The van der Waals surface area contributed by atoms with Crippen molar-refractivity contribution in [3.8, 4) is 11.8 Å². The summed E-state index contributed by atoms with van der Waals surface area (Å²) in [4.78, 5) is 10.7. The van der Waals surface area contributed by atoms with Crippen molar-refractivity contribution in [2.75, 3.05) is 7.11 Å². The van der Waals surface area contributed by atoms with Crippen LogP contribution in [-0.4, -0.2) is 13.1 Å². The zero-order valence-corrected chi connectivity index (χ0v) is 8.31. The molecule has 0 fully saturated rings. The van der Waals surface area contributed by atoms with Gasteiger partial charge in [0.05, 0.1) is 7.11 Å². The summed E-state index contributed by atoms with van der Waals surface area (Å²) in [6, 6.07) is 1.51. The van der Waals surface area contributed by atoms with Crippen LogP contribution in [-0.2, 0) is 9.53 Å². The number of benzene rings is 1. The van der Waals surface area contributed by atoms with Crippen molar-refractivity contribution >= 4 is 5.97 Å². The van der Waals surface area contributed by atoms with Crippen LogP contribution in [0, 0.1) is 29.3 Å². The largest absolute Gasteiger partial charge is 0.468 e. The van der Waals surface area contributed by atoms with Gasteiger partial charge in [-0.3, -0.25) is 4.79 Å². The first kappa shape index (κ1) is 12.1. The molecule has 0 unspecified atom stereocenters. The SMILES string of the molecule is COC(=O)CC#Cc1cc(F)c(F)c(F)c1. The van der Waals surface area contributed by atoms with Gasteiger partial charge in [-0.15, -0.1) is 0 Å². The number of hydrogen-bond donors (Lipinski definition) is 0. The first-order valence-electron chi connectivity index (χ1n) is 4.25. The molecule has 0 amide bonds. The molecule has 0 aliphatic carbocycles. The fourth-order valence-electron chi connectivity index (χ4n) is 0.918. The molecule has 0 aliphatic heterocycles. The van der Waals surface area contributed by atoms with Gasteiger partial charge in [0.2, 0.25) is 0 Å². The van der Waals surface area contributed by atoms with Crippen molar-refractivity contribution in [1.82, 2.24) is 0 Å². The Kier molecular flexibility index (Phi) is 3.95. The van der Waals surface area contributed by atoms with E-state index in [1.54, 1.807) is 0 Å². The molecule has 1 aromatic carbocycles. The molecule has 2 nitrogen and oxygen atoms in total. The van der Waals surface area contributed by atoms with Gasteiger partial charge in [0.1, 0.15) is 6.42 Å². The molecule has 0 bridgehead atoms. The first-order valence-corrected chi connectivity index (χ1v) is 4.25. The van der Waals surface area contributed by atoms with Crippen molar-refractivity contribution in [3.05, 3.63) is 35.1 Å². The van der Waals surface area contributed by atoms with Crippen LogP contribution in [0.1, 0.15) is 12.0 Å². The van der Waals surface area contributed by atoms with Gasteiger partial charge in [-0.25, -0.2) is 13.2 Å². The summed E-state index contributed by atoms with van der Waals surface area (Å²) in [7, 11) is 1.20. The third-order valence-corrected chi connectivity index (χ3v) is 1.68. The second-order valence-electron chi connectivity index (χ2n) is 2.81. The highest BCUT2D eigenvalue weighted by atomic mass is 19.2. The third kappa shape index (κ3) is 3.02. The van der Waals surface area contributed by atoms with E-state index < -0.39 is 23.4 Å². The molecule has 0 atom stereocenters. The highest BCUT2D eigenvalue weighted by Crippen LogP contribution is 2.12. The number of carbonyl (C=O) groups is 1. The second-order valence-corrected chi connectivity index (χ2v) is 2.81. The van der Waals surface area contributed by atoms with Gasteiger partial charge in [0.15, 0.2) is 17.5 Å². The lowest BCUT2D eigenvalue weighted by molar-refractivity contribution is -0.139. The monoisotopic (exact) mass is 228 g/mol. The molecule has 0 heterocycles. The van der Waals surface area contributed by atoms with Gasteiger partial charge in [0.25, 0.3) is 0 Å². The van der Waals surface area contributed by atoms with E-state index in [4.69, 9.17) is 0 Å². The van der Waals surface area contributed by atoms with Crippen LogP contribution in [0.25, 0.3) is 0 Å². The van der Waals surface area contributed by atoms with Crippen LogP contribution in [0.2, 0.25) is 0 Å². The molecule has 0 saturated heterocycles. The van der Waals surface area contributed by atoms with E-state index >= 15 is 0 Å². The Bertz CT molecular complexity index is 449. The molecule has 1 rings (SSSR count). The fourth-order valence-corrected chi connectivity index (χ4v) is 0.918. The molecular formula is C11H7F3O2. The van der Waals surface area contributed by atoms with Gasteiger partial charge in [-0.05, 0) is 12.1 Å². The maximum absolute atomic E-state index is 12.7. The quantitative estimate of drug-likeness (QED) is 0.417. The molecule has 0 radical (unpaired) electrons. The molecular weight excluding hydrogens is 221 g/mol. The van der Waals surface area contributed by atoms with Crippen LogP contribution in [0.5, 0.6) is 0 Å². The Hall–Kier alpha value is -1.96. The first-order chi connectivity index (χ1) is 7.54. The maximum Gasteiger partial charge on any atom is 0.317 e. The minimum absolute atomic E-state index is 0.0414. The summed E-state index contributed by atoms with van der Waals surface area (Å²) in [5, 5.41) is 0. The molecule has 0 spiro atoms. The summed E-state index contributed by atoms with van der Waals surface area (Å²) < 4.78 is 42.3. The number of halogens is 3. The zero-order valence-electron chi connectivity index (χ0n) is 8.31. The van der Waals surface area contributed by atoms with Gasteiger partial charge >= 0.3 is 5.97 Å². The summed E-state index contributed by atoms with van der Waals surface area (Å²) in [6.45, 7) is 0. The molecule has 0 aromatic heterocycles. The number of ether oxygens (including phenoxy) is 1. The van der Waals surface area contributed by atoms with Gasteiger partial charge in [-0.2, -0.15) is 0 Å². The minimum Gasteiger partial charge on any atom is -0.468 e. The minimum atomic E-state index is -1.54.